The Labute approximate surface area is 122 Å². The van der Waals surface area contributed by atoms with Gasteiger partial charge in [0.1, 0.15) is 11.3 Å². The SMILES string of the molecule is C=Cc1oc2ccccc2c(=O)c1/C=C(\C)[C@@H](C)C(=O)O. The Hall–Kier alpha value is -2.62. The molecule has 2 aromatic rings. The summed E-state index contributed by atoms with van der Waals surface area (Å²) in [5, 5.41) is 9.50. The van der Waals surface area contributed by atoms with E-state index in [0.717, 1.165) is 0 Å². The summed E-state index contributed by atoms with van der Waals surface area (Å²) in [5.74, 6) is -1.27. The van der Waals surface area contributed by atoms with Crippen molar-refractivity contribution in [2.75, 3.05) is 0 Å². The van der Waals surface area contributed by atoms with Gasteiger partial charge in [-0.3, -0.25) is 9.59 Å². The zero-order valence-electron chi connectivity index (χ0n) is 11.9. The molecule has 0 radical (unpaired) electrons. The molecule has 1 heterocycles. The van der Waals surface area contributed by atoms with E-state index in [0.29, 0.717) is 27.9 Å². The van der Waals surface area contributed by atoms with Gasteiger partial charge < -0.3 is 9.52 Å². The van der Waals surface area contributed by atoms with Gasteiger partial charge in [0, 0.05) is 0 Å². The number of carboxylic acid groups (broad SMARTS) is 1. The highest BCUT2D eigenvalue weighted by Gasteiger charge is 2.16. The van der Waals surface area contributed by atoms with Gasteiger partial charge in [-0.1, -0.05) is 24.3 Å². The van der Waals surface area contributed by atoms with Crippen LogP contribution in [0.25, 0.3) is 23.1 Å². The number of aliphatic carboxylic acids is 1. The molecule has 0 amide bonds. The number of hydrogen-bond donors (Lipinski definition) is 1. The van der Waals surface area contributed by atoms with Crippen LogP contribution in [0.5, 0.6) is 0 Å². The highest BCUT2D eigenvalue weighted by molar-refractivity contribution is 5.82. The average molecular weight is 284 g/mol. The molecular formula is C17H16O4. The molecular weight excluding hydrogens is 268 g/mol. The molecule has 0 spiro atoms. The summed E-state index contributed by atoms with van der Waals surface area (Å²) in [6.07, 6.45) is 3.02. The predicted molar refractivity (Wildman–Crippen MR) is 83.0 cm³/mol. The fourth-order valence-corrected chi connectivity index (χ4v) is 2.01. The zero-order chi connectivity index (χ0) is 15.6. The molecule has 2 rings (SSSR count). The van der Waals surface area contributed by atoms with Crippen LogP contribution < -0.4 is 5.43 Å². The number of fused-ring (bicyclic) bond motifs is 1. The maximum atomic E-state index is 12.5. The van der Waals surface area contributed by atoms with E-state index in [2.05, 4.69) is 6.58 Å². The zero-order valence-corrected chi connectivity index (χ0v) is 11.9. The van der Waals surface area contributed by atoms with Crippen LogP contribution in [-0.2, 0) is 4.79 Å². The summed E-state index contributed by atoms with van der Waals surface area (Å²) in [6.45, 7) is 6.90. The number of para-hydroxylation sites is 1. The lowest BCUT2D eigenvalue weighted by Crippen LogP contribution is -2.12. The van der Waals surface area contributed by atoms with Gasteiger partial charge in [0.25, 0.3) is 0 Å². The van der Waals surface area contributed by atoms with E-state index in [1.807, 2.05) is 0 Å². The highest BCUT2D eigenvalue weighted by atomic mass is 16.4. The first-order valence-corrected chi connectivity index (χ1v) is 6.55. The minimum Gasteiger partial charge on any atom is -0.481 e. The number of rotatable bonds is 4. The average Bonchev–Trinajstić information content (AvgIpc) is 2.48. The van der Waals surface area contributed by atoms with Crippen LogP contribution in [0.4, 0.5) is 0 Å². The lowest BCUT2D eigenvalue weighted by atomic mass is 9.99. The van der Waals surface area contributed by atoms with Crippen molar-refractivity contribution in [3.05, 3.63) is 58.0 Å². The smallest absolute Gasteiger partial charge is 0.310 e. The number of benzene rings is 1. The third-order valence-electron chi connectivity index (χ3n) is 3.47. The molecule has 0 fully saturated rings. The van der Waals surface area contributed by atoms with Gasteiger partial charge in [-0.15, -0.1) is 0 Å². The van der Waals surface area contributed by atoms with Gasteiger partial charge in [-0.05, 0) is 38.1 Å². The largest absolute Gasteiger partial charge is 0.481 e. The van der Waals surface area contributed by atoms with E-state index in [1.165, 1.54) is 6.08 Å². The lowest BCUT2D eigenvalue weighted by Gasteiger charge is -2.08. The van der Waals surface area contributed by atoms with Crippen LogP contribution in [0.1, 0.15) is 25.2 Å². The van der Waals surface area contributed by atoms with Crippen LogP contribution in [0.3, 0.4) is 0 Å². The molecule has 0 bridgehead atoms. The molecule has 0 aliphatic rings. The standard InChI is InChI=1S/C17H16O4/c1-4-14-13(9-10(2)11(3)17(19)20)16(18)12-7-5-6-8-15(12)21-14/h4-9,11H,1H2,2-3H3,(H,19,20)/b10-9+/t11-/m1/s1. The molecule has 1 N–H and O–H groups in total. The summed E-state index contributed by atoms with van der Waals surface area (Å²) in [4.78, 5) is 23.6. The third kappa shape index (κ3) is 2.79. The Morgan fingerprint density at radius 3 is 2.67 bits per heavy atom. The monoisotopic (exact) mass is 284 g/mol. The Morgan fingerprint density at radius 1 is 1.38 bits per heavy atom. The van der Waals surface area contributed by atoms with Gasteiger partial charge in [0.05, 0.1) is 16.9 Å². The number of carbonyl (C=O) groups is 1. The van der Waals surface area contributed by atoms with E-state index in [4.69, 9.17) is 9.52 Å². The summed E-state index contributed by atoms with van der Waals surface area (Å²) in [5.41, 5.74) is 1.20. The number of carboxylic acids is 1. The van der Waals surface area contributed by atoms with Crippen LogP contribution in [-0.4, -0.2) is 11.1 Å². The Morgan fingerprint density at radius 2 is 2.05 bits per heavy atom. The second kappa shape index (κ2) is 5.79. The van der Waals surface area contributed by atoms with Gasteiger partial charge >= 0.3 is 5.97 Å². The maximum absolute atomic E-state index is 12.5. The van der Waals surface area contributed by atoms with Crippen molar-refractivity contribution in [3.8, 4) is 0 Å². The van der Waals surface area contributed by atoms with Crippen LogP contribution in [0, 0.1) is 5.92 Å². The van der Waals surface area contributed by atoms with E-state index >= 15 is 0 Å². The van der Waals surface area contributed by atoms with Crippen LogP contribution in [0.2, 0.25) is 0 Å². The summed E-state index contributed by atoms with van der Waals surface area (Å²) in [7, 11) is 0. The van der Waals surface area contributed by atoms with E-state index in [1.54, 1.807) is 44.2 Å². The molecule has 0 aliphatic carbocycles. The van der Waals surface area contributed by atoms with Crippen molar-refractivity contribution < 1.29 is 14.3 Å². The minimum atomic E-state index is -0.936. The van der Waals surface area contributed by atoms with Gasteiger partial charge in [0.2, 0.25) is 5.43 Å². The summed E-state index contributed by atoms with van der Waals surface area (Å²) < 4.78 is 5.65. The molecule has 0 saturated heterocycles. The first kappa shape index (κ1) is 14.8. The normalized spacial score (nSPS) is 13.1. The lowest BCUT2D eigenvalue weighted by molar-refractivity contribution is -0.139. The topological polar surface area (TPSA) is 67.5 Å². The van der Waals surface area contributed by atoms with Gasteiger partial charge in [-0.2, -0.15) is 0 Å². The van der Waals surface area contributed by atoms with Crippen LogP contribution >= 0.6 is 0 Å². The van der Waals surface area contributed by atoms with Gasteiger partial charge in [0.15, 0.2) is 0 Å². The Kier molecular flexibility index (Phi) is 4.08. The fourth-order valence-electron chi connectivity index (χ4n) is 2.01. The quantitative estimate of drug-likeness (QED) is 0.932. The molecule has 1 atom stereocenters. The molecule has 4 heteroatoms. The predicted octanol–water partition coefficient (Wildman–Crippen LogP) is 3.56. The molecule has 0 aliphatic heterocycles. The number of hydrogen-bond acceptors (Lipinski definition) is 3. The summed E-state index contributed by atoms with van der Waals surface area (Å²) in [6, 6.07) is 6.93. The Balaban J connectivity index is 2.71. The van der Waals surface area contributed by atoms with Crippen molar-refractivity contribution in [1.29, 1.82) is 0 Å². The first-order valence-electron chi connectivity index (χ1n) is 6.55. The third-order valence-corrected chi connectivity index (χ3v) is 3.47. The second-order valence-corrected chi connectivity index (χ2v) is 4.86. The molecule has 0 unspecified atom stereocenters. The minimum absolute atomic E-state index is 0.191. The maximum Gasteiger partial charge on any atom is 0.310 e. The second-order valence-electron chi connectivity index (χ2n) is 4.86. The summed E-state index contributed by atoms with van der Waals surface area (Å²) >= 11 is 0. The van der Waals surface area contributed by atoms with Gasteiger partial charge in [-0.25, -0.2) is 0 Å². The molecule has 1 aromatic carbocycles. The molecule has 1 aromatic heterocycles. The van der Waals surface area contributed by atoms with Crippen molar-refractivity contribution in [2.45, 2.75) is 13.8 Å². The van der Waals surface area contributed by atoms with Crippen molar-refractivity contribution in [3.63, 3.8) is 0 Å². The van der Waals surface area contributed by atoms with E-state index in [9.17, 15) is 9.59 Å². The van der Waals surface area contributed by atoms with Crippen molar-refractivity contribution in [2.24, 2.45) is 5.92 Å². The molecule has 21 heavy (non-hydrogen) atoms. The first-order chi connectivity index (χ1) is 9.95. The van der Waals surface area contributed by atoms with Crippen molar-refractivity contribution in [1.82, 2.24) is 0 Å². The molecule has 108 valence electrons. The molecule has 4 nitrogen and oxygen atoms in total. The van der Waals surface area contributed by atoms with Crippen LogP contribution in [0.15, 0.2) is 45.6 Å². The Bertz CT molecular complexity index is 796. The fraction of sp³-hybridized carbons (Fsp3) is 0.176. The molecule has 0 saturated carbocycles. The van der Waals surface area contributed by atoms with E-state index in [-0.39, 0.29) is 5.43 Å². The van der Waals surface area contributed by atoms with Crippen molar-refractivity contribution >= 4 is 29.1 Å². The highest BCUT2D eigenvalue weighted by Crippen LogP contribution is 2.20. The van der Waals surface area contributed by atoms with E-state index < -0.39 is 11.9 Å².